The molecule has 1 aromatic heterocycles. The second kappa shape index (κ2) is 5.17. The number of hydrogen-bond donors (Lipinski definition) is 2. The van der Waals surface area contributed by atoms with Crippen LogP contribution in [0.5, 0.6) is 0 Å². The number of pyridine rings is 1. The average Bonchev–Trinajstić information content (AvgIpc) is 2.83. The number of aromatic nitrogens is 1. The Labute approximate surface area is 114 Å². The maximum absolute atomic E-state index is 5.86. The van der Waals surface area contributed by atoms with E-state index in [-0.39, 0.29) is 0 Å². The van der Waals surface area contributed by atoms with Gasteiger partial charge in [-0.25, -0.2) is 4.98 Å². The number of nitrogens with two attached hydrogens (primary N) is 1. The maximum atomic E-state index is 5.86. The third kappa shape index (κ3) is 2.56. The summed E-state index contributed by atoms with van der Waals surface area (Å²) in [6.07, 6.45) is 3.80. The van der Waals surface area contributed by atoms with Gasteiger partial charge in [-0.1, -0.05) is 25.1 Å². The van der Waals surface area contributed by atoms with Crippen LogP contribution in [0.4, 0.5) is 5.82 Å². The van der Waals surface area contributed by atoms with Crippen molar-refractivity contribution in [3.63, 3.8) is 0 Å². The molecule has 3 rings (SSSR count). The molecule has 1 aliphatic carbocycles. The molecular formula is C16H21N3. The van der Waals surface area contributed by atoms with Gasteiger partial charge in [0.1, 0.15) is 5.82 Å². The molecule has 2 unspecified atom stereocenters. The molecule has 0 bridgehead atoms. The van der Waals surface area contributed by atoms with Gasteiger partial charge in [0.2, 0.25) is 0 Å². The molecule has 2 aromatic rings. The Morgan fingerprint density at radius 1 is 1.32 bits per heavy atom. The summed E-state index contributed by atoms with van der Waals surface area (Å²) in [5.74, 6) is 1.80. The van der Waals surface area contributed by atoms with Crippen molar-refractivity contribution in [3.05, 3.63) is 35.9 Å². The number of para-hydroxylation sites is 1. The lowest BCUT2D eigenvalue weighted by Gasteiger charge is -2.15. The molecule has 0 radical (unpaired) electrons. The highest BCUT2D eigenvalue weighted by Gasteiger charge is 2.21. The highest BCUT2D eigenvalue weighted by Crippen LogP contribution is 2.28. The number of hydrogen-bond acceptors (Lipinski definition) is 3. The number of nitrogens with one attached hydrogen (secondary N) is 1. The number of fused-ring (bicyclic) bond motifs is 1. The van der Waals surface area contributed by atoms with Gasteiger partial charge in [0.15, 0.2) is 0 Å². The zero-order valence-corrected chi connectivity index (χ0v) is 11.4. The summed E-state index contributed by atoms with van der Waals surface area (Å²) in [6.45, 7) is 2.87. The first kappa shape index (κ1) is 12.4. The SMILES string of the molecule is CC1CCC(Nc2cc(CN)c3ccccc3n2)C1. The lowest BCUT2D eigenvalue weighted by Crippen LogP contribution is -2.16. The summed E-state index contributed by atoms with van der Waals surface area (Å²) in [6, 6.07) is 10.9. The Kier molecular flexibility index (Phi) is 3.38. The Morgan fingerprint density at radius 2 is 2.16 bits per heavy atom. The number of anilines is 1. The monoisotopic (exact) mass is 255 g/mol. The topological polar surface area (TPSA) is 50.9 Å². The van der Waals surface area contributed by atoms with Gasteiger partial charge in [-0.15, -0.1) is 0 Å². The fourth-order valence-electron chi connectivity index (χ4n) is 3.04. The van der Waals surface area contributed by atoms with Gasteiger partial charge in [0, 0.05) is 18.0 Å². The first-order valence-electron chi connectivity index (χ1n) is 7.11. The van der Waals surface area contributed by atoms with Crippen LogP contribution in [0.1, 0.15) is 31.7 Å². The fraction of sp³-hybridized carbons (Fsp3) is 0.438. The second-order valence-corrected chi connectivity index (χ2v) is 5.65. The van der Waals surface area contributed by atoms with Crippen molar-refractivity contribution in [2.75, 3.05) is 5.32 Å². The van der Waals surface area contributed by atoms with E-state index in [1.165, 1.54) is 24.8 Å². The molecule has 3 N–H and O–H groups in total. The lowest BCUT2D eigenvalue weighted by molar-refractivity contribution is 0.602. The molecule has 0 saturated heterocycles. The normalized spacial score (nSPS) is 22.8. The number of nitrogens with zero attached hydrogens (tertiary/aromatic N) is 1. The number of rotatable bonds is 3. The van der Waals surface area contributed by atoms with Crippen LogP contribution in [0.2, 0.25) is 0 Å². The molecule has 100 valence electrons. The van der Waals surface area contributed by atoms with E-state index in [1.54, 1.807) is 0 Å². The molecule has 0 amide bonds. The average molecular weight is 255 g/mol. The van der Waals surface area contributed by atoms with Crippen LogP contribution in [-0.4, -0.2) is 11.0 Å². The van der Waals surface area contributed by atoms with E-state index in [2.05, 4.69) is 30.4 Å². The molecule has 2 atom stereocenters. The van der Waals surface area contributed by atoms with Crippen molar-refractivity contribution >= 4 is 16.7 Å². The summed E-state index contributed by atoms with van der Waals surface area (Å²) in [5, 5.41) is 4.73. The van der Waals surface area contributed by atoms with Gasteiger partial charge >= 0.3 is 0 Å². The summed E-state index contributed by atoms with van der Waals surface area (Å²) in [7, 11) is 0. The first-order valence-corrected chi connectivity index (χ1v) is 7.11. The third-order valence-electron chi connectivity index (χ3n) is 4.07. The van der Waals surface area contributed by atoms with Gasteiger partial charge in [-0.2, -0.15) is 0 Å². The van der Waals surface area contributed by atoms with Gasteiger partial charge in [0.25, 0.3) is 0 Å². The van der Waals surface area contributed by atoms with Crippen molar-refractivity contribution in [2.24, 2.45) is 11.7 Å². The van der Waals surface area contributed by atoms with Gasteiger partial charge in [-0.05, 0) is 42.9 Å². The predicted molar refractivity (Wildman–Crippen MR) is 80.1 cm³/mol. The summed E-state index contributed by atoms with van der Waals surface area (Å²) >= 11 is 0. The maximum Gasteiger partial charge on any atom is 0.127 e. The Hall–Kier alpha value is -1.61. The molecule has 3 nitrogen and oxygen atoms in total. The zero-order chi connectivity index (χ0) is 13.2. The Bertz CT molecular complexity index is 579. The van der Waals surface area contributed by atoms with E-state index in [0.29, 0.717) is 12.6 Å². The molecular weight excluding hydrogens is 234 g/mol. The van der Waals surface area contributed by atoms with Crippen LogP contribution in [0, 0.1) is 5.92 Å². The summed E-state index contributed by atoms with van der Waals surface area (Å²) in [4.78, 5) is 4.71. The Morgan fingerprint density at radius 3 is 2.89 bits per heavy atom. The van der Waals surface area contributed by atoms with Crippen molar-refractivity contribution < 1.29 is 0 Å². The smallest absolute Gasteiger partial charge is 0.127 e. The van der Waals surface area contributed by atoms with Crippen molar-refractivity contribution in [3.8, 4) is 0 Å². The molecule has 19 heavy (non-hydrogen) atoms. The molecule has 1 fully saturated rings. The van der Waals surface area contributed by atoms with E-state index in [9.17, 15) is 0 Å². The Balaban J connectivity index is 1.91. The van der Waals surface area contributed by atoms with E-state index in [1.807, 2.05) is 12.1 Å². The molecule has 1 aromatic carbocycles. The van der Waals surface area contributed by atoms with Gasteiger partial charge in [0.05, 0.1) is 5.52 Å². The zero-order valence-electron chi connectivity index (χ0n) is 11.4. The second-order valence-electron chi connectivity index (χ2n) is 5.65. The summed E-state index contributed by atoms with van der Waals surface area (Å²) < 4.78 is 0. The van der Waals surface area contributed by atoms with E-state index in [0.717, 1.165) is 22.6 Å². The molecule has 0 aliphatic heterocycles. The van der Waals surface area contributed by atoms with Crippen molar-refractivity contribution in [1.29, 1.82) is 0 Å². The quantitative estimate of drug-likeness (QED) is 0.884. The molecule has 1 heterocycles. The van der Waals surface area contributed by atoms with Crippen LogP contribution in [-0.2, 0) is 6.54 Å². The van der Waals surface area contributed by atoms with Crippen molar-refractivity contribution in [1.82, 2.24) is 4.98 Å². The van der Waals surface area contributed by atoms with E-state index < -0.39 is 0 Å². The van der Waals surface area contributed by atoms with Crippen LogP contribution in [0.15, 0.2) is 30.3 Å². The minimum Gasteiger partial charge on any atom is -0.367 e. The van der Waals surface area contributed by atoms with Gasteiger partial charge in [-0.3, -0.25) is 0 Å². The fourth-order valence-corrected chi connectivity index (χ4v) is 3.04. The molecule has 1 saturated carbocycles. The molecule has 1 aliphatic rings. The van der Waals surface area contributed by atoms with Crippen LogP contribution < -0.4 is 11.1 Å². The van der Waals surface area contributed by atoms with Crippen molar-refractivity contribution in [2.45, 2.75) is 38.8 Å². The minimum atomic E-state index is 0.554. The predicted octanol–water partition coefficient (Wildman–Crippen LogP) is 3.29. The highest BCUT2D eigenvalue weighted by atomic mass is 15.0. The minimum absolute atomic E-state index is 0.554. The van der Waals surface area contributed by atoms with Gasteiger partial charge < -0.3 is 11.1 Å². The largest absolute Gasteiger partial charge is 0.367 e. The lowest BCUT2D eigenvalue weighted by atomic mass is 10.1. The first-order chi connectivity index (χ1) is 9.26. The standard InChI is InChI=1S/C16H21N3/c1-11-6-7-13(8-11)18-16-9-12(10-17)14-4-2-3-5-15(14)19-16/h2-5,9,11,13H,6-8,10,17H2,1H3,(H,18,19). The third-order valence-corrected chi connectivity index (χ3v) is 4.07. The van der Waals surface area contributed by atoms with E-state index in [4.69, 9.17) is 10.7 Å². The van der Waals surface area contributed by atoms with Crippen LogP contribution >= 0.6 is 0 Å². The molecule has 3 heteroatoms. The molecule has 0 spiro atoms. The van der Waals surface area contributed by atoms with Crippen LogP contribution in [0.25, 0.3) is 10.9 Å². The number of benzene rings is 1. The van der Waals surface area contributed by atoms with Crippen LogP contribution in [0.3, 0.4) is 0 Å². The highest BCUT2D eigenvalue weighted by molar-refractivity contribution is 5.84. The van der Waals surface area contributed by atoms with E-state index >= 15 is 0 Å². The summed E-state index contributed by atoms with van der Waals surface area (Å²) in [5.41, 5.74) is 8.05.